The van der Waals surface area contributed by atoms with Gasteiger partial charge in [0.25, 0.3) is 0 Å². The standard InChI is InChI=1S/C12H14N2O2S2/c1-7(5-9-3-4-17-6-9)13-11-10(12(15)16)8(2)14-18-11/h3-4,6-7,13H,5H2,1-2H3,(H,15,16). The Labute approximate surface area is 113 Å². The number of carbonyl (C=O) groups is 1. The zero-order valence-corrected chi connectivity index (χ0v) is 11.8. The first kappa shape index (κ1) is 13.0. The fourth-order valence-electron chi connectivity index (χ4n) is 1.76. The van der Waals surface area contributed by atoms with Crippen molar-refractivity contribution >= 4 is 33.8 Å². The molecule has 2 aromatic heterocycles. The molecule has 1 unspecified atom stereocenters. The lowest BCUT2D eigenvalue weighted by Crippen LogP contribution is -2.18. The Morgan fingerprint density at radius 1 is 1.61 bits per heavy atom. The Hall–Kier alpha value is -1.40. The highest BCUT2D eigenvalue weighted by molar-refractivity contribution is 7.10. The van der Waals surface area contributed by atoms with Crippen molar-refractivity contribution in [3.05, 3.63) is 33.6 Å². The summed E-state index contributed by atoms with van der Waals surface area (Å²) < 4.78 is 4.09. The predicted molar refractivity (Wildman–Crippen MR) is 74.9 cm³/mol. The van der Waals surface area contributed by atoms with Crippen LogP contribution in [0.15, 0.2) is 16.8 Å². The highest BCUT2D eigenvalue weighted by Gasteiger charge is 2.18. The quantitative estimate of drug-likeness (QED) is 0.883. The maximum atomic E-state index is 11.1. The minimum Gasteiger partial charge on any atom is -0.478 e. The first-order chi connectivity index (χ1) is 8.58. The van der Waals surface area contributed by atoms with Gasteiger partial charge in [0.05, 0.1) is 5.69 Å². The van der Waals surface area contributed by atoms with Gasteiger partial charge in [0.2, 0.25) is 0 Å². The minimum absolute atomic E-state index is 0.178. The molecule has 0 spiro atoms. The Morgan fingerprint density at radius 3 is 3.00 bits per heavy atom. The van der Waals surface area contributed by atoms with Crippen molar-refractivity contribution in [2.24, 2.45) is 0 Å². The van der Waals surface area contributed by atoms with Crippen LogP contribution in [0.1, 0.15) is 28.5 Å². The Balaban J connectivity index is 2.07. The lowest BCUT2D eigenvalue weighted by Gasteiger charge is -2.13. The van der Waals surface area contributed by atoms with Gasteiger partial charge in [0.1, 0.15) is 10.6 Å². The van der Waals surface area contributed by atoms with Crippen molar-refractivity contribution in [1.82, 2.24) is 4.37 Å². The highest BCUT2D eigenvalue weighted by atomic mass is 32.1. The molecule has 2 heterocycles. The fraction of sp³-hybridized carbons (Fsp3) is 0.333. The van der Waals surface area contributed by atoms with E-state index in [1.807, 2.05) is 12.3 Å². The molecule has 0 aromatic carbocycles. The van der Waals surface area contributed by atoms with Crippen LogP contribution >= 0.6 is 22.9 Å². The first-order valence-electron chi connectivity index (χ1n) is 5.55. The molecular formula is C12H14N2O2S2. The average molecular weight is 282 g/mol. The number of carboxylic acids is 1. The number of nitrogens with one attached hydrogen (secondary N) is 1. The van der Waals surface area contributed by atoms with Crippen LogP contribution in [-0.2, 0) is 6.42 Å². The van der Waals surface area contributed by atoms with Gasteiger partial charge in [-0.05, 0) is 54.2 Å². The maximum absolute atomic E-state index is 11.1. The third-order valence-electron chi connectivity index (χ3n) is 2.58. The monoisotopic (exact) mass is 282 g/mol. The van der Waals surface area contributed by atoms with Gasteiger partial charge in [-0.2, -0.15) is 15.7 Å². The van der Waals surface area contributed by atoms with Gasteiger partial charge in [-0.3, -0.25) is 0 Å². The number of carboxylic acid groups (broad SMARTS) is 1. The van der Waals surface area contributed by atoms with E-state index in [4.69, 9.17) is 5.11 Å². The molecule has 4 nitrogen and oxygen atoms in total. The summed E-state index contributed by atoms with van der Waals surface area (Å²) in [4.78, 5) is 11.1. The summed E-state index contributed by atoms with van der Waals surface area (Å²) in [5, 5.41) is 17.2. The Bertz CT molecular complexity index is 534. The summed E-state index contributed by atoms with van der Waals surface area (Å²) in [5.74, 6) is -0.925. The lowest BCUT2D eigenvalue weighted by molar-refractivity contribution is 0.0697. The Morgan fingerprint density at radius 2 is 2.39 bits per heavy atom. The second-order valence-corrected chi connectivity index (χ2v) is 5.71. The van der Waals surface area contributed by atoms with Crippen LogP contribution in [0.25, 0.3) is 0 Å². The van der Waals surface area contributed by atoms with Crippen LogP contribution in [0.4, 0.5) is 5.00 Å². The second kappa shape index (κ2) is 5.49. The molecule has 0 aliphatic carbocycles. The zero-order chi connectivity index (χ0) is 13.1. The summed E-state index contributed by atoms with van der Waals surface area (Å²) in [6.07, 6.45) is 0.875. The number of rotatable bonds is 5. The fourth-order valence-corrected chi connectivity index (χ4v) is 3.34. The number of anilines is 1. The number of aryl methyl sites for hydroxylation is 1. The molecule has 0 saturated carbocycles. The maximum Gasteiger partial charge on any atom is 0.340 e. The van der Waals surface area contributed by atoms with Crippen molar-refractivity contribution in [3.63, 3.8) is 0 Å². The molecule has 0 aliphatic rings. The van der Waals surface area contributed by atoms with Gasteiger partial charge >= 0.3 is 5.97 Å². The van der Waals surface area contributed by atoms with Gasteiger partial charge < -0.3 is 10.4 Å². The molecule has 6 heteroatoms. The molecule has 2 aromatic rings. The van der Waals surface area contributed by atoms with E-state index in [2.05, 4.69) is 21.1 Å². The molecule has 0 bridgehead atoms. The van der Waals surface area contributed by atoms with Crippen LogP contribution in [0.3, 0.4) is 0 Å². The van der Waals surface area contributed by atoms with Crippen molar-refractivity contribution < 1.29 is 9.90 Å². The molecular weight excluding hydrogens is 268 g/mol. The van der Waals surface area contributed by atoms with Crippen molar-refractivity contribution in [3.8, 4) is 0 Å². The van der Waals surface area contributed by atoms with Crippen LogP contribution in [0, 0.1) is 6.92 Å². The number of aromatic carboxylic acids is 1. The van der Waals surface area contributed by atoms with Crippen LogP contribution in [0.2, 0.25) is 0 Å². The van der Waals surface area contributed by atoms with Crippen LogP contribution < -0.4 is 5.32 Å². The molecule has 0 amide bonds. The number of nitrogens with zero attached hydrogens (tertiary/aromatic N) is 1. The molecule has 0 aliphatic heterocycles. The minimum atomic E-state index is -0.925. The third kappa shape index (κ3) is 2.88. The zero-order valence-electron chi connectivity index (χ0n) is 10.1. The summed E-state index contributed by atoms with van der Waals surface area (Å²) >= 11 is 2.87. The van der Waals surface area contributed by atoms with E-state index in [0.29, 0.717) is 10.7 Å². The molecule has 96 valence electrons. The largest absolute Gasteiger partial charge is 0.478 e. The number of thiophene rings is 1. The predicted octanol–water partition coefficient (Wildman–Crippen LogP) is 3.25. The average Bonchev–Trinajstić information content (AvgIpc) is 2.88. The van der Waals surface area contributed by atoms with Crippen LogP contribution in [-0.4, -0.2) is 21.5 Å². The second-order valence-electron chi connectivity index (χ2n) is 4.16. The van der Waals surface area contributed by atoms with Crippen molar-refractivity contribution in [2.75, 3.05) is 5.32 Å². The van der Waals surface area contributed by atoms with Crippen LogP contribution in [0.5, 0.6) is 0 Å². The van der Waals surface area contributed by atoms with Gasteiger partial charge in [-0.15, -0.1) is 0 Å². The van der Waals surface area contributed by atoms with E-state index >= 15 is 0 Å². The number of hydrogen-bond acceptors (Lipinski definition) is 5. The number of hydrogen-bond donors (Lipinski definition) is 2. The lowest BCUT2D eigenvalue weighted by atomic mass is 10.1. The van der Waals surface area contributed by atoms with Gasteiger partial charge in [-0.25, -0.2) is 4.79 Å². The smallest absolute Gasteiger partial charge is 0.340 e. The molecule has 18 heavy (non-hydrogen) atoms. The van der Waals surface area contributed by atoms with Gasteiger partial charge in [-0.1, -0.05) is 0 Å². The third-order valence-corrected chi connectivity index (χ3v) is 4.18. The van der Waals surface area contributed by atoms with E-state index in [9.17, 15) is 4.79 Å². The van der Waals surface area contributed by atoms with E-state index in [-0.39, 0.29) is 11.6 Å². The van der Waals surface area contributed by atoms with E-state index in [1.54, 1.807) is 18.3 Å². The summed E-state index contributed by atoms with van der Waals surface area (Å²) in [6.45, 7) is 3.76. The normalized spacial score (nSPS) is 12.3. The molecule has 0 saturated heterocycles. The first-order valence-corrected chi connectivity index (χ1v) is 7.26. The van der Waals surface area contributed by atoms with E-state index in [0.717, 1.165) is 6.42 Å². The van der Waals surface area contributed by atoms with Crippen molar-refractivity contribution in [1.29, 1.82) is 0 Å². The molecule has 0 radical (unpaired) electrons. The molecule has 2 rings (SSSR count). The van der Waals surface area contributed by atoms with E-state index in [1.165, 1.54) is 17.1 Å². The highest BCUT2D eigenvalue weighted by Crippen LogP contribution is 2.25. The topological polar surface area (TPSA) is 62.2 Å². The van der Waals surface area contributed by atoms with E-state index < -0.39 is 5.97 Å². The summed E-state index contributed by atoms with van der Waals surface area (Å²) in [5.41, 5.74) is 2.12. The Kier molecular flexibility index (Phi) is 3.98. The molecule has 0 fully saturated rings. The van der Waals surface area contributed by atoms with Crippen molar-refractivity contribution in [2.45, 2.75) is 26.3 Å². The summed E-state index contributed by atoms with van der Waals surface area (Å²) in [6, 6.07) is 2.26. The number of aromatic nitrogens is 1. The molecule has 2 N–H and O–H groups in total. The SMILES string of the molecule is Cc1nsc(NC(C)Cc2ccsc2)c1C(=O)O. The summed E-state index contributed by atoms with van der Waals surface area (Å²) in [7, 11) is 0. The van der Waals surface area contributed by atoms with Gasteiger partial charge in [0.15, 0.2) is 0 Å². The molecule has 1 atom stereocenters. The van der Waals surface area contributed by atoms with Gasteiger partial charge in [0, 0.05) is 6.04 Å².